The lowest BCUT2D eigenvalue weighted by atomic mass is 9.97. The zero-order valence-corrected chi connectivity index (χ0v) is 12.6. The molecule has 0 atom stereocenters. The molecule has 2 aromatic rings. The molecular weight excluding hydrogens is 296 g/mol. The molecule has 1 aliphatic rings. The summed E-state index contributed by atoms with van der Waals surface area (Å²) in [7, 11) is 0. The van der Waals surface area contributed by atoms with Gasteiger partial charge in [-0.15, -0.1) is 0 Å². The summed E-state index contributed by atoms with van der Waals surface area (Å²) in [5.74, 6) is 0.531. The van der Waals surface area contributed by atoms with E-state index in [2.05, 4.69) is 0 Å². The van der Waals surface area contributed by atoms with Gasteiger partial charge in [-0.2, -0.15) is 0 Å². The molecule has 3 rings (SSSR count). The average molecular weight is 314 g/mol. The highest BCUT2D eigenvalue weighted by Gasteiger charge is 2.16. The Kier molecular flexibility index (Phi) is 4.48. The number of carboxylic acid groups (broad SMARTS) is 1. The maximum atomic E-state index is 10.6. The van der Waals surface area contributed by atoms with E-state index in [9.17, 15) is 9.90 Å². The van der Waals surface area contributed by atoms with Crippen molar-refractivity contribution >= 4 is 5.97 Å². The smallest absolute Gasteiger partial charge is 0.303 e. The predicted molar refractivity (Wildman–Crippen MR) is 84.7 cm³/mol. The third-order valence-electron chi connectivity index (χ3n) is 3.83. The first-order chi connectivity index (χ1) is 11.2. The lowest BCUT2D eigenvalue weighted by Crippen LogP contribution is -2.15. The molecule has 0 fully saturated rings. The van der Waals surface area contributed by atoms with Crippen LogP contribution in [-0.2, 0) is 17.8 Å². The van der Waals surface area contributed by atoms with Gasteiger partial charge in [-0.1, -0.05) is 24.3 Å². The highest BCUT2D eigenvalue weighted by Crippen LogP contribution is 2.37. The van der Waals surface area contributed by atoms with E-state index >= 15 is 0 Å². The van der Waals surface area contributed by atoms with Crippen molar-refractivity contribution in [3.8, 4) is 22.6 Å². The van der Waals surface area contributed by atoms with E-state index < -0.39 is 5.97 Å². The van der Waals surface area contributed by atoms with Gasteiger partial charge in [0.15, 0.2) is 11.5 Å². The molecule has 0 saturated heterocycles. The van der Waals surface area contributed by atoms with Crippen molar-refractivity contribution in [2.24, 2.45) is 0 Å². The van der Waals surface area contributed by atoms with Gasteiger partial charge < -0.3 is 19.7 Å². The van der Waals surface area contributed by atoms with Crippen LogP contribution in [0.25, 0.3) is 11.1 Å². The second-order valence-electron chi connectivity index (χ2n) is 5.40. The Morgan fingerprint density at radius 1 is 1.04 bits per heavy atom. The standard InChI is InChI=1S/C18H18O5/c19-11-14-9-16-17(23-8-7-22-16)10-15(14)13-4-1-12(2-5-13)3-6-18(20)21/h1-2,4-5,9-10,19H,3,6-8,11H2,(H,20,21). The van der Waals surface area contributed by atoms with Gasteiger partial charge in [-0.3, -0.25) is 4.79 Å². The molecule has 120 valence electrons. The minimum absolute atomic E-state index is 0.0905. The van der Waals surface area contributed by atoms with Crippen molar-refractivity contribution < 1.29 is 24.5 Å². The molecule has 2 N–H and O–H groups in total. The summed E-state index contributed by atoms with van der Waals surface area (Å²) in [5, 5.41) is 18.4. The van der Waals surface area contributed by atoms with E-state index in [0.717, 1.165) is 22.3 Å². The third kappa shape index (κ3) is 3.46. The summed E-state index contributed by atoms with van der Waals surface area (Å²) in [5.41, 5.74) is 3.58. The van der Waals surface area contributed by atoms with Crippen LogP contribution in [0.5, 0.6) is 11.5 Å². The van der Waals surface area contributed by atoms with Gasteiger partial charge in [0.25, 0.3) is 0 Å². The SMILES string of the molecule is O=C(O)CCc1ccc(-c2cc3c(cc2CO)OCCO3)cc1. The van der Waals surface area contributed by atoms with Crippen LogP contribution in [-0.4, -0.2) is 29.4 Å². The first kappa shape index (κ1) is 15.4. The minimum atomic E-state index is -0.802. The van der Waals surface area contributed by atoms with Crippen LogP contribution in [0.2, 0.25) is 0 Å². The fraction of sp³-hybridized carbons (Fsp3) is 0.278. The van der Waals surface area contributed by atoms with Crippen LogP contribution >= 0.6 is 0 Å². The lowest BCUT2D eigenvalue weighted by molar-refractivity contribution is -0.136. The van der Waals surface area contributed by atoms with Gasteiger partial charge in [-0.25, -0.2) is 0 Å². The Bertz CT molecular complexity index is 706. The highest BCUT2D eigenvalue weighted by atomic mass is 16.6. The van der Waals surface area contributed by atoms with Crippen LogP contribution in [0.4, 0.5) is 0 Å². The number of aryl methyl sites for hydroxylation is 1. The molecule has 0 radical (unpaired) electrons. The minimum Gasteiger partial charge on any atom is -0.486 e. The topological polar surface area (TPSA) is 76.0 Å². The summed E-state index contributed by atoms with van der Waals surface area (Å²) >= 11 is 0. The predicted octanol–water partition coefficient (Wildman–Crippen LogP) is 2.63. The number of hydrogen-bond acceptors (Lipinski definition) is 4. The Balaban J connectivity index is 1.89. The number of carboxylic acids is 1. The second kappa shape index (κ2) is 6.71. The Labute approximate surface area is 134 Å². The molecule has 0 saturated carbocycles. The quantitative estimate of drug-likeness (QED) is 0.887. The van der Waals surface area contributed by atoms with Gasteiger partial charge in [-0.05, 0) is 40.8 Å². The van der Waals surface area contributed by atoms with E-state index in [-0.39, 0.29) is 13.0 Å². The molecule has 23 heavy (non-hydrogen) atoms. The normalized spacial score (nSPS) is 12.9. The van der Waals surface area contributed by atoms with E-state index in [4.69, 9.17) is 14.6 Å². The Morgan fingerprint density at radius 2 is 1.70 bits per heavy atom. The van der Waals surface area contributed by atoms with Gasteiger partial charge in [0.05, 0.1) is 6.61 Å². The Morgan fingerprint density at radius 3 is 2.30 bits per heavy atom. The molecule has 0 amide bonds. The molecule has 1 heterocycles. The second-order valence-corrected chi connectivity index (χ2v) is 5.40. The number of aliphatic hydroxyl groups excluding tert-OH is 1. The van der Waals surface area contributed by atoms with Crippen molar-refractivity contribution in [2.45, 2.75) is 19.4 Å². The van der Waals surface area contributed by atoms with Crippen LogP contribution in [0, 0.1) is 0 Å². The molecule has 0 spiro atoms. The molecule has 2 aromatic carbocycles. The molecule has 0 bridgehead atoms. The molecular formula is C18H18O5. The van der Waals surface area contributed by atoms with Crippen LogP contribution in [0.3, 0.4) is 0 Å². The number of rotatable bonds is 5. The first-order valence-electron chi connectivity index (χ1n) is 7.52. The number of aliphatic hydroxyl groups is 1. The van der Waals surface area contributed by atoms with Gasteiger partial charge in [0, 0.05) is 6.42 Å². The van der Waals surface area contributed by atoms with Crippen molar-refractivity contribution in [2.75, 3.05) is 13.2 Å². The zero-order chi connectivity index (χ0) is 16.2. The number of carbonyl (C=O) groups is 1. The lowest BCUT2D eigenvalue weighted by Gasteiger charge is -2.21. The number of fused-ring (bicyclic) bond motifs is 1. The van der Waals surface area contributed by atoms with E-state index in [1.54, 1.807) is 0 Å². The van der Waals surface area contributed by atoms with Crippen molar-refractivity contribution in [1.29, 1.82) is 0 Å². The van der Waals surface area contributed by atoms with E-state index in [1.807, 2.05) is 36.4 Å². The average Bonchev–Trinajstić information content (AvgIpc) is 2.59. The van der Waals surface area contributed by atoms with Crippen molar-refractivity contribution in [3.05, 3.63) is 47.5 Å². The summed E-state index contributed by atoms with van der Waals surface area (Å²) < 4.78 is 11.1. The number of aliphatic carboxylic acids is 1. The summed E-state index contributed by atoms with van der Waals surface area (Å²) in [6.07, 6.45) is 0.620. The van der Waals surface area contributed by atoms with Crippen LogP contribution < -0.4 is 9.47 Å². The molecule has 0 aliphatic carbocycles. The van der Waals surface area contributed by atoms with E-state index in [1.165, 1.54) is 0 Å². The fourth-order valence-electron chi connectivity index (χ4n) is 2.63. The molecule has 0 unspecified atom stereocenters. The molecule has 0 aromatic heterocycles. The van der Waals surface area contributed by atoms with Gasteiger partial charge in [0.2, 0.25) is 0 Å². The summed E-state index contributed by atoms with van der Waals surface area (Å²) in [6.45, 7) is 0.932. The number of ether oxygens (including phenoxy) is 2. The largest absolute Gasteiger partial charge is 0.486 e. The Hall–Kier alpha value is -2.53. The monoisotopic (exact) mass is 314 g/mol. The van der Waals surface area contributed by atoms with Gasteiger partial charge in [0.1, 0.15) is 13.2 Å². The fourth-order valence-corrected chi connectivity index (χ4v) is 2.63. The summed E-state index contributed by atoms with van der Waals surface area (Å²) in [4.78, 5) is 10.6. The van der Waals surface area contributed by atoms with E-state index in [0.29, 0.717) is 31.1 Å². The van der Waals surface area contributed by atoms with Crippen molar-refractivity contribution in [3.63, 3.8) is 0 Å². The van der Waals surface area contributed by atoms with Crippen molar-refractivity contribution in [1.82, 2.24) is 0 Å². The molecule has 5 heteroatoms. The summed E-state index contributed by atoms with van der Waals surface area (Å²) in [6, 6.07) is 11.4. The highest BCUT2D eigenvalue weighted by molar-refractivity contribution is 5.72. The zero-order valence-electron chi connectivity index (χ0n) is 12.6. The maximum absolute atomic E-state index is 10.6. The third-order valence-corrected chi connectivity index (χ3v) is 3.83. The number of hydrogen-bond donors (Lipinski definition) is 2. The van der Waals surface area contributed by atoms with Crippen LogP contribution in [0.1, 0.15) is 17.5 Å². The molecule has 5 nitrogen and oxygen atoms in total. The first-order valence-corrected chi connectivity index (χ1v) is 7.52. The maximum Gasteiger partial charge on any atom is 0.303 e. The van der Waals surface area contributed by atoms with Gasteiger partial charge >= 0.3 is 5.97 Å². The molecule has 1 aliphatic heterocycles. The number of benzene rings is 2. The van der Waals surface area contributed by atoms with Crippen LogP contribution in [0.15, 0.2) is 36.4 Å².